The summed E-state index contributed by atoms with van der Waals surface area (Å²) in [6.07, 6.45) is 3.22. The zero-order valence-corrected chi connectivity index (χ0v) is 10.5. The molecule has 0 aromatic heterocycles. The monoisotopic (exact) mass is 232 g/mol. The number of carbonyl (C=O) groups excluding carboxylic acids is 1. The molecular weight excluding hydrogens is 212 g/mol. The highest BCUT2D eigenvalue weighted by Crippen LogP contribution is 2.28. The molecule has 2 unspecified atom stereocenters. The van der Waals surface area contributed by atoms with Gasteiger partial charge in [0.05, 0.1) is 5.56 Å². The van der Waals surface area contributed by atoms with Crippen molar-refractivity contribution in [2.24, 2.45) is 0 Å². The lowest BCUT2D eigenvalue weighted by Crippen LogP contribution is -2.39. The minimum Gasteiger partial charge on any atom is -0.398 e. The van der Waals surface area contributed by atoms with Crippen LogP contribution in [0.1, 0.15) is 43.5 Å². The molecule has 0 spiro atoms. The number of benzene rings is 1. The molecule has 1 aliphatic rings. The lowest BCUT2D eigenvalue weighted by Gasteiger charge is -2.28. The predicted octanol–water partition coefficient (Wildman–Crippen LogP) is 2.67. The number of rotatable bonds is 2. The predicted molar refractivity (Wildman–Crippen MR) is 69.8 cm³/mol. The van der Waals surface area contributed by atoms with Crippen molar-refractivity contribution in [1.29, 1.82) is 0 Å². The van der Waals surface area contributed by atoms with E-state index in [1.807, 2.05) is 23.1 Å². The van der Waals surface area contributed by atoms with Gasteiger partial charge in [0, 0.05) is 17.8 Å². The van der Waals surface area contributed by atoms with E-state index in [0.717, 1.165) is 19.3 Å². The highest BCUT2D eigenvalue weighted by Gasteiger charge is 2.34. The lowest BCUT2D eigenvalue weighted by molar-refractivity contribution is 0.0677. The Morgan fingerprint density at radius 3 is 2.76 bits per heavy atom. The van der Waals surface area contributed by atoms with Crippen molar-refractivity contribution in [2.75, 3.05) is 5.73 Å². The Labute approximate surface area is 103 Å². The van der Waals surface area contributed by atoms with Gasteiger partial charge in [-0.2, -0.15) is 0 Å². The van der Waals surface area contributed by atoms with Gasteiger partial charge in [0.1, 0.15) is 0 Å². The van der Waals surface area contributed by atoms with Crippen LogP contribution in [0.5, 0.6) is 0 Å². The van der Waals surface area contributed by atoms with Crippen molar-refractivity contribution in [1.82, 2.24) is 4.90 Å². The van der Waals surface area contributed by atoms with Gasteiger partial charge >= 0.3 is 0 Å². The fourth-order valence-electron chi connectivity index (χ4n) is 2.67. The molecule has 92 valence electrons. The summed E-state index contributed by atoms with van der Waals surface area (Å²) in [5, 5.41) is 0. The number of para-hydroxylation sites is 1. The van der Waals surface area contributed by atoms with Gasteiger partial charge in [0.2, 0.25) is 0 Å². The third kappa shape index (κ3) is 2.14. The molecule has 17 heavy (non-hydrogen) atoms. The average molecular weight is 232 g/mol. The molecule has 1 saturated heterocycles. The number of likely N-dealkylation sites (tertiary alicyclic amines) is 1. The van der Waals surface area contributed by atoms with E-state index in [0.29, 0.717) is 23.3 Å². The summed E-state index contributed by atoms with van der Waals surface area (Å²) in [5.74, 6) is 0.0833. The first-order chi connectivity index (χ1) is 8.15. The minimum atomic E-state index is 0.0833. The normalized spacial score (nSPS) is 24.0. The molecule has 1 aromatic carbocycles. The Hall–Kier alpha value is -1.51. The summed E-state index contributed by atoms with van der Waals surface area (Å²) >= 11 is 0. The van der Waals surface area contributed by atoms with E-state index in [1.165, 1.54) is 0 Å². The smallest absolute Gasteiger partial charge is 0.256 e. The van der Waals surface area contributed by atoms with Crippen LogP contribution in [0.15, 0.2) is 24.3 Å². The quantitative estimate of drug-likeness (QED) is 0.797. The second kappa shape index (κ2) is 4.78. The molecule has 1 fully saturated rings. The van der Waals surface area contributed by atoms with Crippen LogP contribution in [-0.2, 0) is 0 Å². The fraction of sp³-hybridized carbons (Fsp3) is 0.500. The fourth-order valence-corrected chi connectivity index (χ4v) is 2.67. The molecule has 0 radical (unpaired) electrons. The van der Waals surface area contributed by atoms with Crippen LogP contribution < -0.4 is 5.73 Å². The second-order valence-corrected chi connectivity index (χ2v) is 4.79. The highest BCUT2D eigenvalue weighted by atomic mass is 16.2. The SMILES string of the molecule is CCC1CCC(C)N1C(=O)c1ccccc1N. The summed E-state index contributed by atoms with van der Waals surface area (Å²) in [6, 6.07) is 8.02. The van der Waals surface area contributed by atoms with Gasteiger partial charge in [0.25, 0.3) is 5.91 Å². The summed E-state index contributed by atoms with van der Waals surface area (Å²) in [5.41, 5.74) is 7.09. The number of nitrogen functional groups attached to an aromatic ring is 1. The highest BCUT2D eigenvalue weighted by molar-refractivity contribution is 5.99. The van der Waals surface area contributed by atoms with Crippen molar-refractivity contribution in [3.05, 3.63) is 29.8 Å². The number of nitrogens with zero attached hydrogens (tertiary/aromatic N) is 1. The molecule has 1 aromatic rings. The van der Waals surface area contributed by atoms with Crippen molar-refractivity contribution >= 4 is 11.6 Å². The van der Waals surface area contributed by atoms with Gasteiger partial charge in [-0.1, -0.05) is 19.1 Å². The number of anilines is 1. The van der Waals surface area contributed by atoms with Gasteiger partial charge in [0.15, 0.2) is 0 Å². The van der Waals surface area contributed by atoms with E-state index in [-0.39, 0.29) is 5.91 Å². The van der Waals surface area contributed by atoms with Crippen LogP contribution >= 0.6 is 0 Å². The van der Waals surface area contributed by atoms with E-state index in [1.54, 1.807) is 6.07 Å². The van der Waals surface area contributed by atoms with Crippen LogP contribution in [0.4, 0.5) is 5.69 Å². The average Bonchev–Trinajstić information content (AvgIpc) is 2.70. The molecule has 1 amide bonds. The molecule has 2 atom stereocenters. The van der Waals surface area contributed by atoms with Gasteiger partial charge < -0.3 is 10.6 Å². The molecule has 0 bridgehead atoms. The molecule has 1 heterocycles. The van der Waals surface area contributed by atoms with Crippen LogP contribution in [0, 0.1) is 0 Å². The van der Waals surface area contributed by atoms with E-state index >= 15 is 0 Å². The summed E-state index contributed by atoms with van der Waals surface area (Å²) in [4.78, 5) is 14.5. The number of nitrogens with two attached hydrogens (primary N) is 1. The van der Waals surface area contributed by atoms with Gasteiger partial charge in [-0.3, -0.25) is 4.79 Å². The Morgan fingerprint density at radius 2 is 2.12 bits per heavy atom. The van der Waals surface area contributed by atoms with Crippen molar-refractivity contribution in [3.8, 4) is 0 Å². The maximum Gasteiger partial charge on any atom is 0.256 e. The first kappa shape index (κ1) is 12.0. The Kier molecular flexibility index (Phi) is 3.36. The zero-order valence-electron chi connectivity index (χ0n) is 10.5. The third-order valence-corrected chi connectivity index (χ3v) is 3.68. The van der Waals surface area contributed by atoms with Crippen LogP contribution in [0.25, 0.3) is 0 Å². The standard InChI is InChI=1S/C14H20N2O/c1-3-11-9-8-10(2)16(11)14(17)12-6-4-5-7-13(12)15/h4-7,10-11H,3,8-9,15H2,1-2H3. The van der Waals surface area contributed by atoms with Gasteiger partial charge in [-0.05, 0) is 38.3 Å². The lowest BCUT2D eigenvalue weighted by atomic mass is 10.1. The first-order valence-electron chi connectivity index (χ1n) is 6.32. The molecule has 3 nitrogen and oxygen atoms in total. The zero-order chi connectivity index (χ0) is 12.4. The Morgan fingerprint density at radius 1 is 1.41 bits per heavy atom. The largest absolute Gasteiger partial charge is 0.398 e. The van der Waals surface area contributed by atoms with E-state index in [9.17, 15) is 4.79 Å². The Balaban J connectivity index is 2.28. The summed E-state index contributed by atoms with van der Waals surface area (Å²) in [7, 11) is 0. The van der Waals surface area contributed by atoms with E-state index < -0.39 is 0 Å². The number of carbonyl (C=O) groups is 1. The Bertz CT molecular complexity index is 416. The molecule has 3 heteroatoms. The number of hydrogen-bond donors (Lipinski definition) is 1. The van der Waals surface area contributed by atoms with E-state index in [2.05, 4.69) is 13.8 Å². The van der Waals surface area contributed by atoms with E-state index in [4.69, 9.17) is 5.73 Å². The first-order valence-corrected chi connectivity index (χ1v) is 6.32. The van der Waals surface area contributed by atoms with Gasteiger partial charge in [-0.25, -0.2) is 0 Å². The van der Waals surface area contributed by atoms with Crippen molar-refractivity contribution in [2.45, 2.75) is 45.2 Å². The molecule has 1 aliphatic heterocycles. The molecule has 2 rings (SSSR count). The summed E-state index contributed by atoms with van der Waals surface area (Å²) < 4.78 is 0. The maximum atomic E-state index is 12.5. The van der Waals surface area contributed by atoms with Crippen LogP contribution in [0.3, 0.4) is 0 Å². The van der Waals surface area contributed by atoms with Gasteiger partial charge in [-0.15, -0.1) is 0 Å². The van der Waals surface area contributed by atoms with Crippen molar-refractivity contribution in [3.63, 3.8) is 0 Å². The number of amides is 1. The second-order valence-electron chi connectivity index (χ2n) is 4.79. The maximum absolute atomic E-state index is 12.5. The summed E-state index contributed by atoms with van der Waals surface area (Å²) in [6.45, 7) is 4.25. The minimum absolute atomic E-state index is 0.0833. The number of hydrogen-bond acceptors (Lipinski definition) is 2. The van der Waals surface area contributed by atoms with Crippen LogP contribution in [-0.4, -0.2) is 22.9 Å². The molecular formula is C14H20N2O. The third-order valence-electron chi connectivity index (χ3n) is 3.68. The molecule has 0 saturated carbocycles. The topological polar surface area (TPSA) is 46.3 Å². The molecule has 0 aliphatic carbocycles. The molecule has 2 N–H and O–H groups in total. The van der Waals surface area contributed by atoms with Crippen molar-refractivity contribution < 1.29 is 4.79 Å². The van der Waals surface area contributed by atoms with Crippen LogP contribution in [0.2, 0.25) is 0 Å².